The zero-order chi connectivity index (χ0) is 12.8. The van der Waals surface area contributed by atoms with Gasteiger partial charge in [0.2, 0.25) is 0 Å². The molecule has 1 aliphatic rings. The molecule has 0 aliphatic heterocycles. The van der Waals surface area contributed by atoms with Crippen molar-refractivity contribution in [1.29, 1.82) is 0 Å². The average molecular weight is 366 g/mol. The summed E-state index contributed by atoms with van der Waals surface area (Å²) in [6.45, 7) is 0. The molecule has 94 valence electrons. The van der Waals surface area contributed by atoms with E-state index >= 15 is 0 Å². The number of rotatable bonds is 2. The Morgan fingerprint density at radius 3 is 1.88 bits per heavy atom. The van der Waals surface area contributed by atoms with E-state index in [2.05, 4.69) is 9.94 Å². The quantitative estimate of drug-likeness (QED) is 0.400. The van der Waals surface area contributed by atoms with Crippen LogP contribution in [0.5, 0.6) is 0 Å². The van der Waals surface area contributed by atoms with Crippen molar-refractivity contribution in [2.24, 2.45) is 0 Å². The van der Waals surface area contributed by atoms with Crippen molar-refractivity contribution >= 4 is 25.8 Å². The molecule has 0 aromatic carbocycles. The van der Waals surface area contributed by atoms with E-state index in [1.807, 2.05) is 0 Å². The van der Waals surface area contributed by atoms with Crippen LogP contribution in [0, 0.1) is 10.2 Å². The zero-order valence-electron chi connectivity index (χ0n) is 9.23. The SMILES string of the molecule is C[Te+](C)C1=C(C=O)CCCC1.[O-][Cl+3]([O-])([O-])[O-]. The predicted octanol–water partition coefficient (Wildman–Crippen LogP) is -2.41. The molecule has 0 heterocycles. The van der Waals surface area contributed by atoms with Crippen LogP contribution < -0.4 is 18.6 Å². The molecule has 0 aromatic rings. The first-order valence-corrected chi connectivity index (χ1v) is 11.7. The fourth-order valence-electron chi connectivity index (χ4n) is 1.49. The van der Waals surface area contributed by atoms with E-state index in [1.54, 1.807) is 3.62 Å². The van der Waals surface area contributed by atoms with E-state index < -0.39 is 29.8 Å². The Balaban J connectivity index is 0.000000385. The minimum absolute atomic E-state index is 0.958. The monoisotopic (exact) mass is 368 g/mol. The molecule has 0 spiro atoms. The summed E-state index contributed by atoms with van der Waals surface area (Å²) in [7, 11) is -4.94. The number of aldehydes is 1. The molecule has 0 aromatic heterocycles. The molecule has 0 atom stereocenters. The molecular weight excluding hydrogens is 351 g/mol. The van der Waals surface area contributed by atoms with Gasteiger partial charge in [-0.1, -0.05) is 0 Å². The number of carbonyl (C=O) groups is 1. The molecule has 1 rings (SSSR count). The van der Waals surface area contributed by atoms with E-state index in [0.717, 1.165) is 18.3 Å². The second kappa shape index (κ2) is 7.62. The maximum Gasteiger partial charge on any atom is -0.112 e. The van der Waals surface area contributed by atoms with E-state index in [1.165, 1.54) is 19.3 Å². The van der Waals surface area contributed by atoms with Crippen LogP contribution in [0.2, 0.25) is 9.94 Å². The number of allylic oxidation sites excluding steroid dienone is 2. The van der Waals surface area contributed by atoms with E-state index in [0.29, 0.717) is 0 Å². The Morgan fingerprint density at radius 2 is 1.56 bits per heavy atom. The van der Waals surface area contributed by atoms with E-state index in [-0.39, 0.29) is 0 Å². The second-order valence-electron chi connectivity index (χ2n) is 3.47. The molecule has 1 aliphatic carbocycles. The minimum Gasteiger partial charge on any atom is -0.222 e. The number of carbonyl (C=O) groups excluding carboxylic acids is 1. The van der Waals surface area contributed by atoms with Gasteiger partial charge < -0.3 is 0 Å². The van der Waals surface area contributed by atoms with Crippen LogP contribution in [-0.2, 0) is 4.79 Å². The summed E-state index contributed by atoms with van der Waals surface area (Å²) in [4.78, 5) is 15.3. The third-order valence-electron chi connectivity index (χ3n) is 2.09. The van der Waals surface area contributed by atoms with Gasteiger partial charge in [0.1, 0.15) is 0 Å². The molecule has 0 bridgehead atoms. The second-order valence-corrected chi connectivity index (χ2v) is 10.3. The van der Waals surface area contributed by atoms with Gasteiger partial charge >= 0.3 is 75.5 Å². The van der Waals surface area contributed by atoms with E-state index in [4.69, 9.17) is 18.6 Å². The zero-order valence-corrected chi connectivity index (χ0v) is 12.3. The molecule has 7 heteroatoms. The molecule has 0 radical (unpaired) electrons. The molecule has 5 nitrogen and oxygen atoms in total. The molecule has 0 N–H and O–H groups in total. The topological polar surface area (TPSA) is 109 Å². The molecule has 0 unspecified atom stereocenters. The van der Waals surface area contributed by atoms with Crippen LogP contribution in [-0.4, -0.2) is 25.8 Å². The third kappa shape index (κ3) is 8.48. The first-order chi connectivity index (χ1) is 7.25. The van der Waals surface area contributed by atoms with Crippen LogP contribution in [0.3, 0.4) is 0 Å². The maximum absolute atomic E-state index is 10.6. The van der Waals surface area contributed by atoms with Gasteiger partial charge in [-0.25, -0.2) is 18.6 Å². The smallest absolute Gasteiger partial charge is 0.112 e. The van der Waals surface area contributed by atoms with Gasteiger partial charge in [-0.2, -0.15) is 0 Å². The standard InChI is InChI=1S/C9H15OTe.ClHO4/c1-11(2)9-6-4-3-5-8(9)7-10;2-1(3,4)5/h7H,3-6H2,1-2H3;(H,2,3,4,5)/q+1;/p-1. The van der Waals surface area contributed by atoms with Crippen molar-refractivity contribution in [2.75, 3.05) is 0 Å². The van der Waals surface area contributed by atoms with Gasteiger partial charge in [-0.05, 0) is 0 Å². The predicted molar refractivity (Wildman–Crippen MR) is 49.0 cm³/mol. The molecule has 0 fully saturated rings. The summed E-state index contributed by atoms with van der Waals surface area (Å²) in [6.07, 6.45) is 5.90. The van der Waals surface area contributed by atoms with Crippen molar-refractivity contribution in [2.45, 2.75) is 35.6 Å². The largest absolute Gasteiger partial charge is 0.222 e. The first-order valence-electron chi connectivity index (χ1n) is 4.62. The van der Waals surface area contributed by atoms with Gasteiger partial charge in [-0.15, -0.1) is 10.2 Å². The van der Waals surface area contributed by atoms with Gasteiger partial charge in [0.05, 0.1) is 0 Å². The molecule has 0 saturated heterocycles. The van der Waals surface area contributed by atoms with Crippen molar-refractivity contribution in [3.63, 3.8) is 0 Å². The van der Waals surface area contributed by atoms with Gasteiger partial charge in [0, 0.05) is 0 Å². The van der Waals surface area contributed by atoms with Gasteiger partial charge in [0.25, 0.3) is 0 Å². The first kappa shape index (κ1) is 16.3. The van der Waals surface area contributed by atoms with Crippen molar-refractivity contribution in [3.8, 4) is 0 Å². The number of hydrogen-bond donors (Lipinski definition) is 0. The van der Waals surface area contributed by atoms with Crippen LogP contribution in [0.4, 0.5) is 0 Å². The summed E-state index contributed by atoms with van der Waals surface area (Å²) >= 11 is -0.958. The number of halogens is 1. The van der Waals surface area contributed by atoms with Crippen LogP contribution in [0.15, 0.2) is 9.19 Å². The van der Waals surface area contributed by atoms with Crippen LogP contribution >= 0.6 is 0 Å². The number of hydrogen-bond acceptors (Lipinski definition) is 5. The molecular formula is C9H15ClO5Te. The summed E-state index contributed by atoms with van der Waals surface area (Å²) in [5, 5.41) is 0. The Hall–Kier alpha value is 0.330. The van der Waals surface area contributed by atoms with Gasteiger partial charge in [-0.3, -0.25) is 0 Å². The average Bonchev–Trinajstić information content (AvgIpc) is 2.15. The Labute approximate surface area is 104 Å². The third-order valence-corrected chi connectivity index (χ3v) is 6.24. The van der Waals surface area contributed by atoms with Crippen LogP contribution in [0.25, 0.3) is 0 Å². The van der Waals surface area contributed by atoms with Crippen molar-refractivity contribution in [3.05, 3.63) is 9.19 Å². The summed E-state index contributed by atoms with van der Waals surface area (Å²) < 4.78 is 35.5. The van der Waals surface area contributed by atoms with E-state index in [9.17, 15) is 4.79 Å². The maximum atomic E-state index is 10.6. The van der Waals surface area contributed by atoms with Crippen molar-refractivity contribution in [1.82, 2.24) is 0 Å². The molecule has 16 heavy (non-hydrogen) atoms. The van der Waals surface area contributed by atoms with Gasteiger partial charge in [0.15, 0.2) is 0 Å². The summed E-state index contributed by atoms with van der Waals surface area (Å²) in [6, 6.07) is 0. The van der Waals surface area contributed by atoms with Crippen molar-refractivity contribution < 1.29 is 33.7 Å². The fourth-order valence-corrected chi connectivity index (χ4v) is 4.99. The Bertz CT molecular complexity index is 253. The summed E-state index contributed by atoms with van der Waals surface area (Å²) in [5.74, 6) is 0. The normalized spacial score (nSPS) is 16.9. The Morgan fingerprint density at radius 1 is 1.12 bits per heavy atom. The molecule has 0 saturated carbocycles. The molecule has 0 amide bonds. The van der Waals surface area contributed by atoms with Crippen LogP contribution in [0.1, 0.15) is 25.7 Å². The summed E-state index contributed by atoms with van der Waals surface area (Å²) in [5.41, 5.74) is 1.15. The fraction of sp³-hybridized carbons (Fsp3) is 0.667. The minimum atomic E-state index is -4.94. The Kier molecular flexibility index (Phi) is 7.77.